The van der Waals surface area contributed by atoms with Gasteiger partial charge in [-0.25, -0.2) is 4.98 Å². The fourth-order valence-electron chi connectivity index (χ4n) is 4.00. The number of fused-ring (bicyclic) bond motifs is 3. The number of nitrogens with zero attached hydrogens (tertiary/aromatic N) is 2. The number of rotatable bonds is 5. The van der Waals surface area contributed by atoms with Gasteiger partial charge < -0.3 is 0 Å². The second kappa shape index (κ2) is 7.42. The SMILES string of the molecule is CSCCSc1nc2sc3c(c2c(=O)n1C1CCCC1)CCCC3. The molecular weight excluding hydrogens is 356 g/mol. The smallest absolute Gasteiger partial charge is 0.263 e. The minimum absolute atomic E-state index is 0.248. The highest BCUT2D eigenvalue weighted by molar-refractivity contribution is 8.02. The molecule has 2 aliphatic carbocycles. The first kappa shape index (κ1) is 17.0. The van der Waals surface area contributed by atoms with Crippen LogP contribution in [0.1, 0.15) is 55.0 Å². The summed E-state index contributed by atoms with van der Waals surface area (Å²) in [7, 11) is 0. The summed E-state index contributed by atoms with van der Waals surface area (Å²) in [5.74, 6) is 2.13. The van der Waals surface area contributed by atoms with E-state index >= 15 is 0 Å². The Morgan fingerprint density at radius 3 is 2.75 bits per heavy atom. The Labute approximate surface area is 155 Å². The van der Waals surface area contributed by atoms with Crippen molar-refractivity contribution in [2.75, 3.05) is 17.8 Å². The third-order valence-corrected chi connectivity index (χ3v) is 8.21. The van der Waals surface area contributed by atoms with Gasteiger partial charge in [0, 0.05) is 22.4 Å². The number of thioether (sulfide) groups is 2. The minimum Gasteiger partial charge on any atom is -0.284 e. The number of hydrogen-bond donors (Lipinski definition) is 0. The summed E-state index contributed by atoms with van der Waals surface area (Å²) in [5, 5.41) is 1.92. The van der Waals surface area contributed by atoms with Gasteiger partial charge in [-0.2, -0.15) is 11.8 Å². The molecule has 2 aromatic rings. The Balaban J connectivity index is 1.85. The van der Waals surface area contributed by atoms with Crippen molar-refractivity contribution in [3.63, 3.8) is 0 Å². The zero-order valence-corrected chi connectivity index (χ0v) is 16.6. The van der Waals surface area contributed by atoms with E-state index in [2.05, 4.69) is 10.8 Å². The van der Waals surface area contributed by atoms with Gasteiger partial charge in [0.1, 0.15) is 4.83 Å². The maximum absolute atomic E-state index is 13.4. The molecule has 0 unspecified atom stereocenters. The van der Waals surface area contributed by atoms with Gasteiger partial charge in [0.25, 0.3) is 5.56 Å². The lowest BCUT2D eigenvalue weighted by molar-refractivity contribution is 0.458. The first-order chi connectivity index (χ1) is 11.8. The lowest BCUT2D eigenvalue weighted by Crippen LogP contribution is -2.26. The first-order valence-corrected chi connectivity index (χ1v) is 12.2. The van der Waals surface area contributed by atoms with Crippen LogP contribution in [-0.2, 0) is 12.8 Å². The van der Waals surface area contributed by atoms with Gasteiger partial charge in [0.15, 0.2) is 5.16 Å². The topological polar surface area (TPSA) is 34.9 Å². The second-order valence-corrected chi connectivity index (χ2v) is 9.87. The molecule has 0 aliphatic heterocycles. The molecule has 1 saturated carbocycles. The van der Waals surface area contributed by atoms with E-state index < -0.39 is 0 Å². The summed E-state index contributed by atoms with van der Waals surface area (Å²) < 4.78 is 2.07. The molecule has 0 aromatic carbocycles. The van der Waals surface area contributed by atoms with E-state index in [1.165, 1.54) is 36.1 Å². The standard InChI is InChI=1S/C18H24N2OS3/c1-22-10-11-23-18-19-16-15(13-8-4-5-9-14(13)24-16)17(21)20(18)12-6-2-3-7-12/h12H,2-11H2,1H3. The quantitative estimate of drug-likeness (QED) is 0.419. The van der Waals surface area contributed by atoms with Crippen LogP contribution in [0.15, 0.2) is 9.95 Å². The molecule has 6 heteroatoms. The molecular formula is C18H24N2OS3. The van der Waals surface area contributed by atoms with Crippen LogP contribution in [0.25, 0.3) is 10.2 Å². The third kappa shape index (κ3) is 3.06. The Morgan fingerprint density at radius 1 is 1.17 bits per heavy atom. The van der Waals surface area contributed by atoms with Gasteiger partial charge in [-0.3, -0.25) is 9.36 Å². The number of hydrogen-bond acceptors (Lipinski definition) is 5. The lowest BCUT2D eigenvalue weighted by atomic mass is 9.97. The molecule has 1 fully saturated rings. The average molecular weight is 381 g/mol. The van der Waals surface area contributed by atoms with Crippen molar-refractivity contribution < 1.29 is 0 Å². The maximum atomic E-state index is 13.4. The number of aryl methyl sites for hydroxylation is 2. The van der Waals surface area contributed by atoms with E-state index in [0.717, 1.165) is 52.6 Å². The highest BCUT2D eigenvalue weighted by Crippen LogP contribution is 2.37. The van der Waals surface area contributed by atoms with Crippen molar-refractivity contribution in [2.45, 2.75) is 62.6 Å². The van der Waals surface area contributed by atoms with Crippen LogP contribution in [-0.4, -0.2) is 27.3 Å². The molecule has 0 N–H and O–H groups in total. The van der Waals surface area contributed by atoms with Crippen LogP contribution in [0, 0.1) is 0 Å². The molecule has 0 radical (unpaired) electrons. The van der Waals surface area contributed by atoms with Gasteiger partial charge >= 0.3 is 0 Å². The highest BCUT2D eigenvalue weighted by Gasteiger charge is 2.26. The van der Waals surface area contributed by atoms with E-state index in [9.17, 15) is 4.79 Å². The molecule has 0 amide bonds. The lowest BCUT2D eigenvalue weighted by Gasteiger charge is -2.18. The summed E-state index contributed by atoms with van der Waals surface area (Å²) in [6.07, 6.45) is 11.6. The minimum atomic E-state index is 0.248. The fourth-order valence-corrected chi connectivity index (χ4v) is 7.02. The van der Waals surface area contributed by atoms with E-state index in [0.29, 0.717) is 6.04 Å². The number of aromatic nitrogens is 2. The Kier molecular flexibility index (Phi) is 5.25. The zero-order chi connectivity index (χ0) is 16.5. The zero-order valence-electron chi connectivity index (χ0n) is 14.2. The molecule has 3 nitrogen and oxygen atoms in total. The molecule has 0 saturated heterocycles. The molecule has 2 heterocycles. The van der Waals surface area contributed by atoms with Gasteiger partial charge in [-0.1, -0.05) is 24.6 Å². The van der Waals surface area contributed by atoms with Crippen LogP contribution < -0.4 is 5.56 Å². The summed E-state index contributed by atoms with van der Waals surface area (Å²) in [6, 6.07) is 0.366. The van der Waals surface area contributed by atoms with Crippen molar-refractivity contribution in [3.05, 3.63) is 20.8 Å². The first-order valence-electron chi connectivity index (χ1n) is 8.98. The average Bonchev–Trinajstić information content (AvgIpc) is 3.22. The Hall–Kier alpha value is -0.460. The largest absolute Gasteiger partial charge is 0.284 e. The molecule has 24 heavy (non-hydrogen) atoms. The van der Waals surface area contributed by atoms with E-state index in [4.69, 9.17) is 4.98 Å². The third-order valence-electron chi connectivity index (χ3n) is 5.20. The molecule has 4 rings (SSSR count). The predicted molar refractivity (Wildman–Crippen MR) is 107 cm³/mol. The Bertz CT molecular complexity index is 790. The second-order valence-electron chi connectivity index (χ2n) is 6.74. The van der Waals surface area contributed by atoms with Crippen molar-refractivity contribution in [1.82, 2.24) is 9.55 Å². The van der Waals surface area contributed by atoms with Crippen LogP contribution in [0.3, 0.4) is 0 Å². The van der Waals surface area contributed by atoms with Crippen LogP contribution in [0.4, 0.5) is 0 Å². The summed E-state index contributed by atoms with van der Waals surface area (Å²) in [4.78, 5) is 20.8. The van der Waals surface area contributed by atoms with Crippen LogP contribution in [0.2, 0.25) is 0 Å². The summed E-state index contributed by atoms with van der Waals surface area (Å²) in [6.45, 7) is 0. The highest BCUT2D eigenvalue weighted by atomic mass is 32.2. The predicted octanol–water partition coefficient (Wildman–Crippen LogP) is 4.91. The van der Waals surface area contributed by atoms with Crippen LogP contribution in [0.5, 0.6) is 0 Å². The molecule has 2 aliphatic rings. The van der Waals surface area contributed by atoms with Gasteiger partial charge in [0.2, 0.25) is 0 Å². The number of thiophene rings is 1. The molecule has 130 valence electrons. The van der Waals surface area contributed by atoms with Crippen molar-refractivity contribution >= 4 is 45.1 Å². The van der Waals surface area contributed by atoms with Gasteiger partial charge in [-0.05, 0) is 50.3 Å². The fraction of sp³-hybridized carbons (Fsp3) is 0.667. The molecule has 0 bridgehead atoms. The normalized spacial score (nSPS) is 18.4. The van der Waals surface area contributed by atoms with Crippen molar-refractivity contribution in [1.29, 1.82) is 0 Å². The molecule has 0 spiro atoms. The monoisotopic (exact) mass is 380 g/mol. The van der Waals surface area contributed by atoms with Gasteiger partial charge in [-0.15, -0.1) is 11.3 Å². The molecule has 2 aromatic heterocycles. The van der Waals surface area contributed by atoms with Crippen molar-refractivity contribution in [3.8, 4) is 0 Å². The van der Waals surface area contributed by atoms with Crippen molar-refractivity contribution in [2.24, 2.45) is 0 Å². The molecule has 0 atom stereocenters. The summed E-state index contributed by atoms with van der Waals surface area (Å²) >= 11 is 5.40. The van der Waals surface area contributed by atoms with E-state index in [-0.39, 0.29) is 5.56 Å². The van der Waals surface area contributed by atoms with Gasteiger partial charge in [0.05, 0.1) is 5.39 Å². The maximum Gasteiger partial charge on any atom is 0.263 e. The van der Waals surface area contributed by atoms with Crippen LogP contribution >= 0.6 is 34.9 Å². The van der Waals surface area contributed by atoms with E-state index in [1.54, 1.807) is 23.1 Å². The summed E-state index contributed by atoms with van der Waals surface area (Å²) in [5.41, 5.74) is 1.57. The van der Waals surface area contributed by atoms with E-state index in [1.807, 2.05) is 11.8 Å². The Morgan fingerprint density at radius 2 is 1.96 bits per heavy atom.